The van der Waals surface area contributed by atoms with Crippen LogP contribution in [0, 0.1) is 22.7 Å². The Hall–Kier alpha value is -1.28. The van der Waals surface area contributed by atoms with Crippen LogP contribution in [-0.4, -0.2) is 64.7 Å². The van der Waals surface area contributed by atoms with Crippen molar-refractivity contribution in [3.63, 3.8) is 0 Å². The fraction of sp³-hybridized carbons (Fsp3) is 0.833. The minimum Gasteiger partial charge on any atom is -0.431 e. The molecule has 0 aromatic carbocycles. The molecule has 37 heavy (non-hydrogen) atoms. The average molecular weight is 517 g/mol. The van der Waals surface area contributed by atoms with Crippen molar-refractivity contribution in [2.75, 3.05) is 20.1 Å². The van der Waals surface area contributed by atoms with Gasteiger partial charge in [-0.15, -0.1) is 0 Å². The fourth-order valence-electron chi connectivity index (χ4n) is 10.2. The largest absolute Gasteiger partial charge is 0.431 e. The van der Waals surface area contributed by atoms with Crippen molar-refractivity contribution >= 4 is 0 Å². The van der Waals surface area contributed by atoms with Gasteiger partial charge in [-0.25, -0.2) is 9.18 Å². The molecule has 4 saturated carbocycles. The molecule has 0 spiro atoms. The Labute approximate surface area is 220 Å². The molecule has 1 aromatic heterocycles. The van der Waals surface area contributed by atoms with E-state index < -0.39 is 17.4 Å². The van der Waals surface area contributed by atoms with Crippen molar-refractivity contribution in [3.05, 3.63) is 34.4 Å². The number of piperidine rings is 1. The maximum Gasteiger partial charge on any atom is 0.335 e. The molecule has 0 radical (unpaired) electrons. The summed E-state index contributed by atoms with van der Waals surface area (Å²) in [6.45, 7) is 5.79. The lowest BCUT2D eigenvalue weighted by Crippen LogP contribution is -2.68. The maximum atomic E-state index is 14.7. The molecule has 5 aliphatic rings. The van der Waals surface area contributed by atoms with Gasteiger partial charge in [-0.1, -0.05) is 13.8 Å². The van der Waals surface area contributed by atoms with E-state index in [0.29, 0.717) is 19.4 Å². The molecular formula is C30H45FN2O4. The van der Waals surface area contributed by atoms with Crippen LogP contribution in [0.5, 0.6) is 0 Å². The molecule has 0 bridgehead atoms. The molecule has 1 saturated heterocycles. The predicted octanol–water partition coefficient (Wildman–Crippen LogP) is 4.00. The van der Waals surface area contributed by atoms with Gasteiger partial charge in [-0.2, -0.15) is 0 Å². The van der Waals surface area contributed by atoms with Crippen LogP contribution in [0.4, 0.5) is 4.39 Å². The van der Waals surface area contributed by atoms with Gasteiger partial charge in [0.05, 0.1) is 17.5 Å². The van der Waals surface area contributed by atoms with Crippen molar-refractivity contribution in [2.45, 2.75) is 113 Å². The molecule has 1 unspecified atom stereocenters. The van der Waals surface area contributed by atoms with Crippen LogP contribution in [-0.2, 0) is 0 Å². The van der Waals surface area contributed by atoms with Crippen LogP contribution in [0.2, 0.25) is 0 Å². The van der Waals surface area contributed by atoms with Crippen LogP contribution < -0.4 is 10.9 Å². The summed E-state index contributed by atoms with van der Waals surface area (Å²) in [6, 6.07) is 3.48. The Morgan fingerprint density at radius 1 is 1.00 bits per heavy atom. The van der Waals surface area contributed by atoms with E-state index in [4.69, 9.17) is 4.42 Å². The standard InChI is InChI=1S/C30H45FN2O4/c1-27-11-6-20(33(3)25-10-15-32-17-24(25)31)16-29(27,35)13-8-23-22(27)7-12-28(2)21(9-14-30(23,28)36)19-4-5-26(34)37-18-19/h4-5,18,20-25,32,35-36H,6-17H2,1-3H3/t20-,21+,22-,23+,24-,25?,27+,28+,29-,30-/m0/s1. The minimum absolute atomic E-state index is 0.0792. The molecule has 3 N–H and O–H groups in total. The van der Waals surface area contributed by atoms with Crippen LogP contribution in [0.3, 0.4) is 0 Å². The highest BCUT2D eigenvalue weighted by molar-refractivity contribution is 5.28. The van der Waals surface area contributed by atoms with Gasteiger partial charge in [0, 0.05) is 30.1 Å². The Balaban J connectivity index is 1.24. The molecule has 5 fully saturated rings. The molecule has 6 nitrogen and oxygen atoms in total. The first-order chi connectivity index (χ1) is 17.5. The van der Waals surface area contributed by atoms with Crippen molar-refractivity contribution in [1.82, 2.24) is 10.2 Å². The van der Waals surface area contributed by atoms with Crippen LogP contribution in [0.25, 0.3) is 0 Å². The Morgan fingerprint density at radius 3 is 2.49 bits per heavy atom. The predicted molar refractivity (Wildman–Crippen MR) is 140 cm³/mol. The monoisotopic (exact) mass is 516 g/mol. The molecule has 2 heterocycles. The number of hydrogen-bond donors (Lipinski definition) is 3. The van der Waals surface area contributed by atoms with Gasteiger partial charge < -0.3 is 19.9 Å². The smallest absolute Gasteiger partial charge is 0.335 e. The van der Waals surface area contributed by atoms with Crippen molar-refractivity contribution in [3.8, 4) is 0 Å². The quantitative estimate of drug-likeness (QED) is 0.563. The third-order valence-corrected chi connectivity index (χ3v) is 12.6. The van der Waals surface area contributed by atoms with Gasteiger partial charge in [0.2, 0.25) is 0 Å². The topological polar surface area (TPSA) is 85.9 Å². The zero-order valence-electron chi connectivity index (χ0n) is 22.7. The molecule has 206 valence electrons. The summed E-state index contributed by atoms with van der Waals surface area (Å²) in [6.07, 6.45) is 9.19. The highest BCUT2D eigenvalue weighted by Crippen LogP contribution is 2.71. The summed E-state index contributed by atoms with van der Waals surface area (Å²) >= 11 is 0. The van der Waals surface area contributed by atoms with Crippen molar-refractivity contribution in [1.29, 1.82) is 0 Å². The van der Waals surface area contributed by atoms with Gasteiger partial charge in [-0.3, -0.25) is 4.90 Å². The molecule has 7 heteroatoms. The fourth-order valence-corrected chi connectivity index (χ4v) is 10.2. The van der Waals surface area contributed by atoms with E-state index in [1.54, 1.807) is 6.26 Å². The Bertz CT molecular complexity index is 1060. The number of halogens is 1. The molecule has 6 rings (SSSR count). The Kier molecular flexibility index (Phi) is 6.22. The number of alkyl halides is 1. The lowest BCUT2D eigenvalue weighted by molar-refractivity contribution is -0.251. The lowest BCUT2D eigenvalue weighted by atomic mass is 9.41. The number of fused-ring (bicyclic) bond motifs is 5. The van der Waals surface area contributed by atoms with Gasteiger partial charge in [-0.05, 0) is 113 Å². The highest BCUT2D eigenvalue weighted by Gasteiger charge is 2.70. The molecule has 4 aliphatic carbocycles. The van der Waals surface area contributed by atoms with Crippen molar-refractivity contribution < 1.29 is 19.0 Å². The first kappa shape index (κ1) is 26.0. The van der Waals surface area contributed by atoms with E-state index >= 15 is 0 Å². The van der Waals surface area contributed by atoms with Gasteiger partial charge in [0.1, 0.15) is 6.17 Å². The van der Waals surface area contributed by atoms with E-state index in [1.165, 1.54) is 6.07 Å². The van der Waals surface area contributed by atoms with Gasteiger partial charge in [0.15, 0.2) is 0 Å². The SMILES string of the molecule is CN(C1CCNC[C@@H]1F)[C@H]1CC[C@]2(C)[C@H]3CC[C@]4(C)[C@@H](c5ccc(=O)oc5)CC[C@]4(O)[C@@H]3CC[C@]2(O)C1. The first-order valence-electron chi connectivity index (χ1n) is 14.6. The summed E-state index contributed by atoms with van der Waals surface area (Å²) in [5.41, 5.74) is -1.41. The zero-order chi connectivity index (χ0) is 26.2. The van der Waals surface area contributed by atoms with E-state index in [2.05, 4.69) is 31.1 Å². The Morgan fingerprint density at radius 2 is 1.76 bits per heavy atom. The van der Waals surface area contributed by atoms with Gasteiger partial charge >= 0.3 is 5.63 Å². The zero-order valence-corrected chi connectivity index (χ0v) is 22.7. The second kappa shape index (κ2) is 8.87. The number of nitrogens with one attached hydrogen (secondary N) is 1. The minimum atomic E-state index is -0.865. The number of hydrogen-bond acceptors (Lipinski definition) is 6. The van der Waals surface area contributed by atoms with E-state index in [1.807, 2.05) is 6.07 Å². The summed E-state index contributed by atoms with van der Waals surface area (Å²) < 4.78 is 20.0. The van der Waals surface area contributed by atoms with E-state index in [0.717, 1.165) is 63.5 Å². The first-order valence-corrected chi connectivity index (χ1v) is 14.6. The summed E-state index contributed by atoms with van der Waals surface area (Å²) in [5, 5.41) is 27.9. The van der Waals surface area contributed by atoms with E-state index in [9.17, 15) is 19.4 Å². The second-order valence-electron chi connectivity index (χ2n) is 13.7. The van der Waals surface area contributed by atoms with Crippen LogP contribution >= 0.6 is 0 Å². The number of rotatable bonds is 3. The van der Waals surface area contributed by atoms with Crippen molar-refractivity contribution in [2.24, 2.45) is 22.7 Å². The average Bonchev–Trinajstić information content (AvgIpc) is 3.15. The molecule has 1 aromatic rings. The molecule has 10 atom stereocenters. The maximum absolute atomic E-state index is 14.7. The number of nitrogens with zero attached hydrogens (tertiary/aromatic N) is 1. The molecule has 0 amide bonds. The second-order valence-corrected chi connectivity index (χ2v) is 13.7. The van der Waals surface area contributed by atoms with Gasteiger partial charge in [0.25, 0.3) is 0 Å². The third-order valence-electron chi connectivity index (χ3n) is 12.6. The normalized spacial score (nSPS) is 49.8. The van der Waals surface area contributed by atoms with E-state index in [-0.39, 0.29) is 46.3 Å². The highest BCUT2D eigenvalue weighted by atomic mass is 19.1. The third kappa shape index (κ3) is 3.66. The lowest BCUT2D eigenvalue weighted by Gasteiger charge is -2.66. The summed E-state index contributed by atoms with van der Waals surface area (Å²) in [4.78, 5) is 13.8. The summed E-state index contributed by atoms with van der Waals surface area (Å²) in [5.74, 6) is 0.599. The van der Waals surface area contributed by atoms with Crippen LogP contribution in [0.1, 0.15) is 89.5 Å². The number of aliphatic hydroxyl groups is 2. The molecular weight excluding hydrogens is 471 g/mol. The summed E-state index contributed by atoms with van der Waals surface area (Å²) in [7, 11) is 2.06. The van der Waals surface area contributed by atoms with Crippen LogP contribution in [0.15, 0.2) is 27.6 Å². The molecule has 1 aliphatic heterocycles.